The van der Waals surface area contributed by atoms with Gasteiger partial charge in [0.2, 0.25) is 0 Å². The molecule has 2 aliphatic rings. The second-order valence-corrected chi connectivity index (χ2v) is 8.34. The predicted molar refractivity (Wildman–Crippen MR) is 99.0 cm³/mol. The Balaban J connectivity index is 0.000000307. The van der Waals surface area contributed by atoms with E-state index in [0.29, 0.717) is 0 Å². The zero-order valence-corrected chi connectivity index (χ0v) is 17.4. The van der Waals surface area contributed by atoms with Crippen LogP contribution in [0.5, 0.6) is 0 Å². The third-order valence-corrected chi connectivity index (χ3v) is 6.18. The third-order valence-electron chi connectivity index (χ3n) is 6.18. The van der Waals surface area contributed by atoms with E-state index >= 15 is 0 Å². The molecule has 2 saturated heterocycles. The number of hydrogen-bond donors (Lipinski definition) is 6. The number of aliphatic hydroxyl groups is 5. The van der Waals surface area contributed by atoms with E-state index in [0.717, 1.165) is 0 Å². The fourth-order valence-electron chi connectivity index (χ4n) is 3.46. The van der Waals surface area contributed by atoms with Crippen LogP contribution in [0.4, 0.5) is 0 Å². The first-order valence-corrected chi connectivity index (χ1v) is 9.74. The van der Waals surface area contributed by atoms with Crippen LogP contribution in [0.15, 0.2) is 0 Å². The molecule has 166 valence electrons. The molecule has 28 heavy (non-hydrogen) atoms. The van der Waals surface area contributed by atoms with Crippen LogP contribution in [0.3, 0.4) is 0 Å². The normalized spacial score (nSPS) is 46.1. The summed E-state index contributed by atoms with van der Waals surface area (Å²) in [6.07, 6.45) is -4.09. The van der Waals surface area contributed by atoms with Crippen LogP contribution < -0.4 is 0 Å². The van der Waals surface area contributed by atoms with Crippen LogP contribution in [0.1, 0.15) is 48.0 Å². The summed E-state index contributed by atoms with van der Waals surface area (Å²) >= 11 is 0. The fraction of sp³-hybridized carbons (Fsp3) is 0.947. The van der Waals surface area contributed by atoms with Crippen molar-refractivity contribution < 1.29 is 44.9 Å². The van der Waals surface area contributed by atoms with Gasteiger partial charge in [-0.25, -0.2) is 4.79 Å². The molecule has 0 saturated carbocycles. The molecule has 4 unspecified atom stereocenters. The Kier molecular flexibility index (Phi) is 8.82. The molecule has 9 nitrogen and oxygen atoms in total. The maximum atomic E-state index is 10.9. The van der Waals surface area contributed by atoms with Crippen molar-refractivity contribution in [3.63, 3.8) is 0 Å². The third kappa shape index (κ3) is 5.63. The highest BCUT2D eigenvalue weighted by Gasteiger charge is 2.51. The molecular formula is C19H36O9. The molecule has 0 aromatic rings. The van der Waals surface area contributed by atoms with Gasteiger partial charge in [-0.15, -0.1) is 0 Å². The van der Waals surface area contributed by atoms with E-state index in [-0.39, 0.29) is 36.2 Å². The number of ether oxygens (including phenoxy) is 2. The number of carbonyl (C=O) groups is 1. The van der Waals surface area contributed by atoms with Gasteiger partial charge in [-0.1, -0.05) is 27.7 Å². The SMILES string of the molecule is CC1OC(O)C(C)[C@@H](O)[C@@H]1C.C[C@@H](O)[C@@H](C)C1O[C@](O)(C(=O)O)C[C@H](O)[C@H]1C. The topological polar surface area (TPSA) is 157 Å². The Bertz CT molecular complexity index is 496. The highest BCUT2D eigenvalue weighted by Crippen LogP contribution is 2.35. The molecule has 0 amide bonds. The summed E-state index contributed by atoms with van der Waals surface area (Å²) in [6.45, 7) is 10.5. The van der Waals surface area contributed by atoms with Crippen molar-refractivity contribution in [1.82, 2.24) is 0 Å². The van der Waals surface area contributed by atoms with E-state index in [2.05, 4.69) is 0 Å². The molecule has 2 fully saturated rings. The number of carboxylic acids is 1. The van der Waals surface area contributed by atoms with Crippen molar-refractivity contribution in [2.24, 2.45) is 23.7 Å². The van der Waals surface area contributed by atoms with Crippen molar-refractivity contribution in [2.45, 2.75) is 90.6 Å². The van der Waals surface area contributed by atoms with Gasteiger partial charge in [0.15, 0.2) is 6.29 Å². The average Bonchev–Trinajstić information content (AvgIpc) is 2.61. The first-order valence-electron chi connectivity index (χ1n) is 9.74. The van der Waals surface area contributed by atoms with E-state index in [4.69, 9.17) is 14.6 Å². The molecule has 0 aromatic carbocycles. The van der Waals surface area contributed by atoms with Gasteiger partial charge in [0.1, 0.15) is 0 Å². The van der Waals surface area contributed by atoms with Gasteiger partial charge in [-0.2, -0.15) is 0 Å². The molecule has 0 aromatic heterocycles. The number of carboxylic acid groups (broad SMARTS) is 1. The highest BCUT2D eigenvalue weighted by molar-refractivity contribution is 5.75. The number of hydrogen-bond acceptors (Lipinski definition) is 8. The van der Waals surface area contributed by atoms with Gasteiger partial charge in [0.05, 0.1) is 30.5 Å². The van der Waals surface area contributed by atoms with Crippen molar-refractivity contribution in [1.29, 1.82) is 0 Å². The fourth-order valence-corrected chi connectivity index (χ4v) is 3.46. The molecule has 11 atom stereocenters. The zero-order chi connectivity index (χ0) is 22.0. The van der Waals surface area contributed by atoms with Crippen molar-refractivity contribution in [3.8, 4) is 0 Å². The lowest BCUT2D eigenvalue weighted by atomic mass is 9.81. The highest BCUT2D eigenvalue weighted by atomic mass is 16.7. The summed E-state index contributed by atoms with van der Waals surface area (Å²) in [4.78, 5) is 10.9. The van der Waals surface area contributed by atoms with Crippen LogP contribution >= 0.6 is 0 Å². The second kappa shape index (κ2) is 9.80. The van der Waals surface area contributed by atoms with Gasteiger partial charge >= 0.3 is 5.97 Å². The quantitative estimate of drug-likeness (QED) is 0.376. The Morgan fingerprint density at radius 3 is 2.04 bits per heavy atom. The molecule has 0 spiro atoms. The summed E-state index contributed by atoms with van der Waals surface area (Å²) in [6, 6.07) is 0. The van der Waals surface area contributed by atoms with Crippen LogP contribution in [0, 0.1) is 23.7 Å². The van der Waals surface area contributed by atoms with Crippen molar-refractivity contribution >= 4 is 5.97 Å². The minimum absolute atomic E-state index is 0.0591. The maximum Gasteiger partial charge on any atom is 0.364 e. The number of aliphatic carboxylic acids is 1. The van der Waals surface area contributed by atoms with Crippen molar-refractivity contribution in [3.05, 3.63) is 0 Å². The lowest BCUT2D eigenvalue weighted by Gasteiger charge is -2.43. The van der Waals surface area contributed by atoms with E-state index in [1.54, 1.807) is 27.7 Å². The first-order chi connectivity index (χ1) is 12.7. The molecule has 9 heteroatoms. The van der Waals surface area contributed by atoms with Crippen LogP contribution in [-0.4, -0.2) is 79.2 Å². The van der Waals surface area contributed by atoms with Crippen LogP contribution in [-0.2, 0) is 14.3 Å². The Morgan fingerprint density at radius 1 is 1.04 bits per heavy atom. The average molecular weight is 408 g/mol. The Hall–Kier alpha value is -0.810. The monoisotopic (exact) mass is 408 g/mol. The van der Waals surface area contributed by atoms with Crippen molar-refractivity contribution in [2.75, 3.05) is 0 Å². The molecule has 2 aliphatic heterocycles. The van der Waals surface area contributed by atoms with E-state index in [1.807, 2.05) is 13.8 Å². The standard InChI is InChI=1S/C11H20O6.C8H16O3/c1-5(7(3)12)9-6(2)8(13)4-11(16,17-9)10(14)15;1-4-6(3)11-8(10)5(2)7(4)9/h5-9,12-13,16H,4H2,1-3H3,(H,14,15);4-10H,1-3H3/t5-,6-,7-,8+,9?,11+;4-,5?,6?,7+,8?/m11/s1. The summed E-state index contributed by atoms with van der Waals surface area (Å²) in [5, 5.41) is 56.7. The lowest BCUT2D eigenvalue weighted by Crippen LogP contribution is -2.57. The summed E-state index contributed by atoms with van der Waals surface area (Å²) < 4.78 is 10.4. The predicted octanol–water partition coefficient (Wildman–Crippen LogP) is -0.0810. The van der Waals surface area contributed by atoms with Crippen LogP contribution in [0.2, 0.25) is 0 Å². The molecule has 0 aliphatic carbocycles. The second-order valence-electron chi connectivity index (χ2n) is 8.34. The van der Waals surface area contributed by atoms with Gasteiger partial charge in [0.25, 0.3) is 5.79 Å². The number of aliphatic hydroxyl groups excluding tert-OH is 4. The molecule has 6 N–H and O–H groups in total. The van der Waals surface area contributed by atoms with Gasteiger partial charge in [-0.05, 0) is 13.8 Å². The van der Waals surface area contributed by atoms with Gasteiger partial charge in [-0.3, -0.25) is 0 Å². The van der Waals surface area contributed by atoms with Gasteiger partial charge < -0.3 is 40.1 Å². The van der Waals surface area contributed by atoms with Crippen LogP contribution in [0.25, 0.3) is 0 Å². The Morgan fingerprint density at radius 2 is 1.57 bits per heavy atom. The first kappa shape index (κ1) is 25.2. The minimum Gasteiger partial charge on any atom is -0.477 e. The summed E-state index contributed by atoms with van der Waals surface area (Å²) in [5.74, 6) is -4.70. The lowest BCUT2D eigenvalue weighted by molar-refractivity contribution is -0.294. The molecule has 0 bridgehead atoms. The van der Waals surface area contributed by atoms with E-state index in [9.17, 15) is 30.3 Å². The smallest absolute Gasteiger partial charge is 0.364 e. The largest absolute Gasteiger partial charge is 0.477 e. The Labute approximate surface area is 165 Å². The molecule has 2 heterocycles. The van der Waals surface area contributed by atoms with E-state index < -0.39 is 42.5 Å². The molecule has 2 rings (SSSR count). The molecular weight excluding hydrogens is 372 g/mol. The summed E-state index contributed by atoms with van der Waals surface area (Å²) in [5.41, 5.74) is 0. The number of rotatable bonds is 3. The van der Waals surface area contributed by atoms with Gasteiger partial charge in [0, 0.05) is 30.1 Å². The summed E-state index contributed by atoms with van der Waals surface area (Å²) in [7, 11) is 0. The molecule has 0 radical (unpaired) electrons. The minimum atomic E-state index is -2.38. The van der Waals surface area contributed by atoms with E-state index in [1.165, 1.54) is 0 Å². The zero-order valence-electron chi connectivity index (χ0n) is 17.4. The maximum absolute atomic E-state index is 10.9.